The minimum atomic E-state index is -0.475. The lowest BCUT2D eigenvalue weighted by Gasteiger charge is -2.12. The number of rotatable bonds is 5. The summed E-state index contributed by atoms with van der Waals surface area (Å²) in [5.41, 5.74) is 0. The van der Waals surface area contributed by atoms with Gasteiger partial charge in [-0.3, -0.25) is 0 Å². The Bertz CT molecular complexity index is 321. The van der Waals surface area contributed by atoms with Crippen molar-refractivity contribution in [3.63, 3.8) is 0 Å². The molecule has 0 aliphatic carbocycles. The van der Waals surface area contributed by atoms with Crippen LogP contribution in [0.25, 0.3) is 0 Å². The minimum Gasteiger partial charge on any atom is -0.380 e. The van der Waals surface area contributed by atoms with Crippen LogP contribution in [0.15, 0.2) is 6.20 Å². The summed E-state index contributed by atoms with van der Waals surface area (Å²) in [4.78, 5) is 7.67. The number of ether oxygens (including phenoxy) is 1. The highest BCUT2D eigenvalue weighted by atomic mass is 19.1. The van der Waals surface area contributed by atoms with E-state index in [0.29, 0.717) is 12.5 Å². The Kier molecular flexibility index (Phi) is 4.23. The summed E-state index contributed by atoms with van der Waals surface area (Å²) in [6, 6.07) is 0. The Morgan fingerprint density at radius 3 is 2.93 bits per heavy atom. The van der Waals surface area contributed by atoms with E-state index in [1.54, 1.807) is 14.2 Å². The van der Waals surface area contributed by atoms with Gasteiger partial charge in [-0.2, -0.15) is 4.98 Å². The van der Waals surface area contributed by atoms with Gasteiger partial charge in [-0.15, -0.1) is 0 Å². The summed E-state index contributed by atoms with van der Waals surface area (Å²) in [6.07, 6.45) is 1.12. The van der Waals surface area contributed by atoms with Gasteiger partial charge in [0.1, 0.15) is 0 Å². The molecule has 1 atom stereocenters. The highest BCUT2D eigenvalue weighted by Crippen LogP contribution is 2.11. The molecule has 0 spiro atoms. The van der Waals surface area contributed by atoms with Crippen LogP contribution in [0.2, 0.25) is 0 Å². The molecule has 1 unspecified atom stereocenters. The van der Waals surface area contributed by atoms with Crippen molar-refractivity contribution < 1.29 is 9.13 Å². The fourth-order valence-corrected chi connectivity index (χ4v) is 0.935. The van der Waals surface area contributed by atoms with Crippen LogP contribution in [0, 0.1) is 5.82 Å². The van der Waals surface area contributed by atoms with Crippen LogP contribution < -0.4 is 10.6 Å². The zero-order valence-electron chi connectivity index (χ0n) is 9.04. The molecule has 0 fully saturated rings. The second-order valence-electron chi connectivity index (χ2n) is 3.07. The Labute approximate surface area is 88.1 Å². The third-order valence-corrected chi connectivity index (χ3v) is 1.93. The van der Waals surface area contributed by atoms with Crippen molar-refractivity contribution in [2.45, 2.75) is 13.0 Å². The SMILES string of the molecule is CNc1ncc(F)c(NCC(C)OC)n1. The number of methoxy groups -OCH3 is 1. The lowest BCUT2D eigenvalue weighted by Crippen LogP contribution is -2.19. The van der Waals surface area contributed by atoms with Gasteiger partial charge < -0.3 is 15.4 Å². The van der Waals surface area contributed by atoms with E-state index in [1.807, 2.05) is 6.92 Å². The molecule has 1 heterocycles. The standard InChI is InChI=1S/C9H15FN4O/c1-6(15-3)4-12-8-7(10)5-13-9(11-2)14-8/h5-6H,4H2,1-3H3,(H2,11,12,13,14). The van der Waals surface area contributed by atoms with Gasteiger partial charge >= 0.3 is 0 Å². The molecule has 0 saturated carbocycles. The van der Waals surface area contributed by atoms with Crippen LogP contribution in [-0.2, 0) is 4.74 Å². The number of aromatic nitrogens is 2. The average molecular weight is 214 g/mol. The first-order valence-electron chi connectivity index (χ1n) is 4.64. The Morgan fingerprint density at radius 2 is 2.33 bits per heavy atom. The van der Waals surface area contributed by atoms with Gasteiger partial charge in [0, 0.05) is 20.7 Å². The molecule has 6 heteroatoms. The number of nitrogens with zero attached hydrogens (tertiary/aromatic N) is 2. The predicted molar refractivity (Wildman–Crippen MR) is 56.5 cm³/mol. The van der Waals surface area contributed by atoms with Crippen molar-refractivity contribution in [3.05, 3.63) is 12.0 Å². The monoisotopic (exact) mass is 214 g/mol. The molecular weight excluding hydrogens is 199 g/mol. The molecule has 1 aromatic rings. The molecule has 1 aromatic heterocycles. The van der Waals surface area contributed by atoms with Crippen molar-refractivity contribution in [3.8, 4) is 0 Å². The van der Waals surface area contributed by atoms with E-state index < -0.39 is 5.82 Å². The molecule has 0 saturated heterocycles. The smallest absolute Gasteiger partial charge is 0.224 e. The molecule has 15 heavy (non-hydrogen) atoms. The average Bonchev–Trinajstić information content (AvgIpc) is 2.27. The van der Waals surface area contributed by atoms with Crippen LogP contribution in [-0.4, -0.2) is 36.8 Å². The predicted octanol–water partition coefficient (Wildman–Crippen LogP) is 1.10. The number of anilines is 2. The third-order valence-electron chi connectivity index (χ3n) is 1.93. The van der Waals surface area contributed by atoms with Crippen LogP contribution in [0.3, 0.4) is 0 Å². The molecule has 84 valence electrons. The lowest BCUT2D eigenvalue weighted by atomic mass is 10.4. The van der Waals surface area contributed by atoms with Gasteiger partial charge in [0.2, 0.25) is 5.95 Å². The van der Waals surface area contributed by atoms with Gasteiger partial charge in [-0.05, 0) is 6.92 Å². The van der Waals surface area contributed by atoms with Crippen molar-refractivity contribution in [2.24, 2.45) is 0 Å². The molecule has 0 radical (unpaired) electrons. The zero-order valence-corrected chi connectivity index (χ0v) is 9.04. The second kappa shape index (κ2) is 5.45. The van der Waals surface area contributed by atoms with E-state index in [9.17, 15) is 4.39 Å². The van der Waals surface area contributed by atoms with Gasteiger partial charge in [-0.25, -0.2) is 9.37 Å². The molecule has 0 aromatic carbocycles. The Hall–Kier alpha value is -1.43. The largest absolute Gasteiger partial charge is 0.380 e. The first kappa shape index (κ1) is 11.6. The topological polar surface area (TPSA) is 59.1 Å². The van der Waals surface area contributed by atoms with E-state index in [1.165, 1.54) is 0 Å². The number of halogens is 1. The number of hydrogen-bond acceptors (Lipinski definition) is 5. The maximum Gasteiger partial charge on any atom is 0.224 e. The summed E-state index contributed by atoms with van der Waals surface area (Å²) in [6.45, 7) is 2.37. The molecule has 0 aliphatic heterocycles. The van der Waals surface area contributed by atoms with E-state index >= 15 is 0 Å². The summed E-state index contributed by atoms with van der Waals surface area (Å²) in [5, 5.41) is 5.58. The highest BCUT2D eigenvalue weighted by molar-refractivity contribution is 5.40. The molecular formula is C9H15FN4O. The third kappa shape index (κ3) is 3.32. The Balaban J connectivity index is 2.66. The second-order valence-corrected chi connectivity index (χ2v) is 3.07. The number of nitrogens with one attached hydrogen (secondary N) is 2. The van der Waals surface area contributed by atoms with Crippen LogP contribution in [0.1, 0.15) is 6.92 Å². The van der Waals surface area contributed by atoms with E-state index in [-0.39, 0.29) is 11.9 Å². The van der Waals surface area contributed by atoms with E-state index in [4.69, 9.17) is 4.74 Å². The molecule has 0 amide bonds. The fourth-order valence-electron chi connectivity index (χ4n) is 0.935. The van der Waals surface area contributed by atoms with Crippen molar-refractivity contribution in [1.82, 2.24) is 9.97 Å². The van der Waals surface area contributed by atoms with Crippen LogP contribution in [0.4, 0.5) is 16.2 Å². The first-order valence-corrected chi connectivity index (χ1v) is 4.64. The number of hydrogen-bond donors (Lipinski definition) is 2. The lowest BCUT2D eigenvalue weighted by molar-refractivity contribution is 0.128. The summed E-state index contributed by atoms with van der Waals surface area (Å²) >= 11 is 0. The molecule has 1 rings (SSSR count). The maximum absolute atomic E-state index is 13.2. The fraction of sp³-hybridized carbons (Fsp3) is 0.556. The molecule has 0 aliphatic rings. The van der Waals surface area contributed by atoms with Gasteiger partial charge in [0.25, 0.3) is 0 Å². The van der Waals surface area contributed by atoms with E-state index in [2.05, 4.69) is 20.6 Å². The molecule has 0 bridgehead atoms. The van der Waals surface area contributed by atoms with Crippen LogP contribution >= 0.6 is 0 Å². The Morgan fingerprint density at radius 1 is 1.60 bits per heavy atom. The van der Waals surface area contributed by atoms with Crippen LogP contribution in [0.5, 0.6) is 0 Å². The minimum absolute atomic E-state index is 0.00241. The van der Waals surface area contributed by atoms with Crippen molar-refractivity contribution >= 4 is 11.8 Å². The zero-order chi connectivity index (χ0) is 11.3. The van der Waals surface area contributed by atoms with Gasteiger partial charge in [-0.1, -0.05) is 0 Å². The molecule has 2 N–H and O–H groups in total. The normalized spacial score (nSPS) is 12.3. The van der Waals surface area contributed by atoms with Gasteiger partial charge in [0.05, 0.1) is 12.3 Å². The summed E-state index contributed by atoms with van der Waals surface area (Å²) in [7, 11) is 3.27. The maximum atomic E-state index is 13.2. The highest BCUT2D eigenvalue weighted by Gasteiger charge is 2.07. The molecule has 5 nitrogen and oxygen atoms in total. The van der Waals surface area contributed by atoms with Crippen molar-refractivity contribution in [1.29, 1.82) is 0 Å². The first-order chi connectivity index (χ1) is 7.17. The van der Waals surface area contributed by atoms with Gasteiger partial charge in [0.15, 0.2) is 11.6 Å². The van der Waals surface area contributed by atoms with Crippen molar-refractivity contribution in [2.75, 3.05) is 31.3 Å². The quantitative estimate of drug-likeness (QED) is 0.768. The summed E-state index contributed by atoms with van der Waals surface area (Å²) in [5.74, 6) is 0.0829. The van der Waals surface area contributed by atoms with E-state index in [0.717, 1.165) is 6.20 Å². The summed E-state index contributed by atoms with van der Waals surface area (Å²) < 4.78 is 18.2.